The molecule has 1 heterocycles. The van der Waals surface area contributed by atoms with E-state index >= 15 is 0 Å². The molecule has 0 unspecified atom stereocenters. The molecular weight excluding hydrogens is 391 g/mol. The van der Waals surface area contributed by atoms with Crippen LogP contribution in [0.2, 0.25) is 5.02 Å². The van der Waals surface area contributed by atoms with E-state index in [1.165, 1.54) is 18.2 Å². The Kier molecular flexibility index (Phi) is 5.15. The number of thiophene rings is 1. The molecule has 3 rings (SSSR count). The van der Waals surface area contributed by atoms with Crippen LogP contribution in [0.5, 0.6) is 0 Å². The molecule has 0 bridgehead atoms. The number of carbonyl (C=O) groups is 2. The molecule has 4 nitrogen and oxygen atoms in total. The lowest BCUT2D eigenvalue weighted by molar-refractivity contribution is -0.119. The molecule has 0 saturated carbocycles. The lowest BCUT2D eigenvalue weighted by atomic mass is 10.2. The van der Waals surface area contributed by atoms with Gasteiger partial charge in [0.1, 0.15) is 22.3 Å². The predicted molar refractivity (Wildman–Crippen MR) is 92.1 cm³/mol. The first-order valence-corrected chi connectivity index (χ1v) is 8.34. The van der Waals surface area contributed by atoms with E-state index in [0.29, 0.717) is 10.1 Å². The molecule has 26 heavy (non-hydrogen) atoms. The Balaban J connectivity index is 1.68. The summed E-state index contributed by atoms with van der Waals surface area (Å²) in [7, 11) is 0. The third-order valence-corrected chi connectivity index (χ3v) is 4.95. The smallest absolute Gasteiger partial charge is 0.350 e. The van der Waals surface area contributed by atoms with Gasteiger partial charge in [0.2, 0.25) is 0 Å². The lowest BCUT2D eigenvalue weighted by Crippen LogP contribution is -2.21. The first-order valence-electron chi connectivity index (χ1n) is 7.14. The SMILES string of the molecule is O=C(COC(=O)c1sc2cc(F)ccc2c1Cl)Nc1cc(F)ccc1F. The van der Waals surface area contributed by atoms with Crippen molar-refractivity contribution in [3.63, 3.8) is 0 Å². The molecule has 0 aliphatic rings. The number of amides is 1. The van der Waals surface area contributed by atoms with Crippen molar-refractivity contribution in [2.45, 2.75) is 0 Å². The molecule has 2 aromatic carbocycles. The highest BCUT2D eigenvalue weighted by Crippen LogP contribution is 2.36. The zero-order valence-electron chi connectivity index (χ0n) is 12.8. The van der Waals surface area contributed by atoms with Gasteiger partial charge >= 0.3 is 5.97 Å². The molecule has 0 aliphatic carbocycles. The Labute approximate surface area is 154 Å². The Morgan fingerprint density at radius 3 is 2.54 bits per heavy atom. The molecular formula is C17H9ClF3NO3S. The predicted octanol–water partition coefficient (Wildman–Crippen LogP) is 4.77. The van der Waals surface area contributed by atoms with Crippen molar-refractivity contribution in [2.24, 2.45) is 0 Å². The molecule has 1 aromatic heterocycles. The maximum atomic E-state index is 13.5. The van der Waals surface area contributed by atoms with Crippen LogP contribution in [0.4, 0.5) is 18.9 Å². The summed E-state index contributed by atoms with van der Waals surface area (Å²) in [6.45, 7) is -0.728. The molecule has 3 aromatic rings. The van der Waals surface area contributed by atoms with E-state index in [4.69, 9.17) is 16.3 Å². The van der Waals surface area contributed by atoms with Gasteiger partial charge in [-0.2, -0.15) is 0 Å². The summed E-state index contributed by atoms with van der Waals surface area (Å²) < 4.78 is 45.1. The minimum Gasteiger partial charge on any atom is -0.451 e. The number of anilines is 1. The van der Waals surface area contributed by atoms with Crippen molar-refractivity contribution in [3.8, 4) is 0 Å². The minimum absolute atomic E-state index is 0.0111. The Morgan fingerprint density at radius 2 is 1.77 bits per heavy atom. The summed E-state index contributed by atoms with van der Waals surface area (Å²) in [5, 5.41) is 2.67. The van der Waals surface area contributed by atoms with E-state index in [1.54, 1.807) is 0 Å². The van der Waals surface area contributed by atoms with Gasteiger partial charge in [-0.15, -0.1) is 11.3 Å². The number of benzene rings is 2. The summed E-state index contributed by atoms with van der Waals surface area (Å²) in [6, 6.07) is 6.41. The van der Waals surface area contributed by atoms with Crippen molar-refractivity contribution in [1.29, 1.82) is 0 Å². The van der Waals surface area contributed by atoms with Gasteiger partial charge in [-0.25, -0.2) is 18.0 Å². The largest absolute Gasteiger partial charge is 0.451 e. The lowest BCUT2D eigenvalue weighted by Gasteiger charge is -2.07. The maximum absolute atomic E-state index is 13.5. The van der Waals surface area contributed by atoms with Gasteiger partial charge in [-0.3, -0.25) is 4.79 Å². The van der Waals surface area contributed by atoms with Gasteiger partial charge in [0.05, 0.1) is 10.7 Å². The first-order chi connectivity index (χ1) is 12.3. The number of rotatable bonds is 4. The van der Waals surface area contributed by atoms with Gasteiger partial charge in [0.25, 0.3) is 5.91 Å². The number of fused-ring (bicyclic) bond motifs is 1. The van der Waals surface area contributed by atoms with Crippen molar-refractivity contribution in [3.05, 3.63) is 63.7 Å². The molecule has 1 amide bonds. The van der Waals surface area contributed by atoms with E-state index in [2.05, 4.69) is 5.32 Å². The van der Waals surface area contributed by atoms with Gasteiger partial charge in [-0.1, -0.05) is 11.6 Å². The number of carbonyl (C=O) groups excluding carboxylic acids is 2. The summed E-state index contributed by atoms with van der Waals surface area (Å²) in [5.74, 6) is -3.78. The second kappa shape index (κ2) is 7.35. The zero-order chi connectivity index (χ0) is 18.8. The zero-order valence-corrected chi connectivity index (χ0v) is 14.4. The Hall–Kier alpha value is -2.58. The van der Waals surface area contributed by atoms with Gasteiger partial charge < -0.3 is 10.1 Å². The first kappa shape index (κ1) is 18.2. The number of halogens is 4. The molecule has 0 spiro atoms. The normalized spacial score (nSPS) is 10.8. The van der Waals surface area contributed by atoms with E-state index < -0.39 is 35.9 Å². The van der Waals surface area contributed by atoms with Crippen LogP contribution in [-0.2, 0) is 9.53 Å². The van der Waals surface area contributed by atoms with Crippen LogP contribution in [-0.4, -0.2) is 18.5 Å². The minimum atomic E-state index is -0.883. The van der Waals surface area contributed by atoms with E-state index in [9.17, 15) is 22.8 Å². The molecule has 0 saturated heterocycles. The third-order valence-electron chi connectivity index (χ3n) is 3.31. The standard InChI is InChI=1S/C17H9ClF3NO3S/c18-15-10-3-1-9(20)6-13(10)26-16(15)17(24)25-7-14(23)22-12-5-8(19)2-4-11(12)21/h1-6H,7H2,(H,22,23). The summed E-state index contributed by atoms with van der Waals surface area (Å²) in [4.78, 5) is 23.9. The fourth-order valence-corrected chi connectivity index (χ4v) is 3.57. The molecule has 0 fully saturated rings. The van der Waals surface area contributed by atoms with Crippen molar-refractivity contribution >= 4 is 50.6 Å². The maximum Gasteiger partial charge on any atom is 0.350 e. The number of hydrogen-bond donors (Lipinski definition) is 1. The van der Waals surface area contributed by atoms with Gasteiger partial charge in [-0.05, 0) is 30.3 Å². The summed E-state index contributed by atoms with van der Waals surface area (Å²) in [6.07, 6.45) is 0. The van der Waals surface area contributed by atoms with Gasteiger partial charge in [0.15, 0.2) is 6.61 Å². The number of esters is 1. The van der Waals surface area contributed by atoms with Crippen LogP contribution < -0.4 is 5.32 Å². The molecule has 9 heteroatoms. The highest BCUT2D eigenvalue weighted by molar-refractivity contribution is 7.21. The van der Waals surface area contributed by atoms with Crippen molar-refractivity contribution in [1.82, 2.24) is 0 Å². The summed E-state index contributed by atoms with van der Waals surface area (Å²) in [5.41, 5.74) is -0.374. The average molecular weight is 400 g/mol. The highest BCUT2D eigenvalue weighted by Gasteiger charge is 2.20. The average Bonchev–Trinajstić information content (AvgIpc) is 2.92. The topological polar surface area (TPSA) is 55.4 Å². The third kappa shape index (κ3) is 3.81. The Morgan fingerprint density at radius 1 is 1.08 bits per heavy atom. The molecule has 0 aliphatic heterocycles. The molecule has 0 radical (unpaired) electrons. The van der Waals surface area contributed by atoms with Crippen LogP contribution in [0.15, 0.2) is 36.4 Å². The number of nitrogens with one attached hydrogen (secondary N) is 1. The fourth-order valence-electron chi connectivity index (χ4n) is 2.15. The van der Waals surface area contributed by atoms with Crippen molar-refractivity contribution < 1.29 is 27.5 Å². The van der Waals surface area contributed by atoms with Gasteiger partial charge in [0, 0.05) is 16.2 Å². The van der Waals surface area contributed by atoms with Crippen LogP contribution >= 0.6 is 22.9 Å². The monoisotopic (exact) mass is 399 g/mol. The van der Waals surface area contributed by atoms with Crippen LogP contribution in [0.25, 0.3) is 10.1 Å². The molecule has 134 valence electrons. The number of hydrogen-bond acceptors (Lipinski definition) is 4. The highest BCUT2D eigenvalue weighted by atomic mass is 35.5. The van der Waals surface area contributed by atoms with Crippen LogP contribution in [0, 0.1) is 17.5 Å². The van der Waals surface area contributed by atoms with Crippen LogP contribution in [0.3, 0.4) is 0 Å². The number of ether oxygens (including phenoxy) is 1. The van der Waals surface area contributed by atoms with Crippen molar-refractivity contribution in [2.75, 3.05) is 11.9 Å². The molecule has 1 N–H and O–H groups in total. The second-order valence-corrected chi connectivity index (χ2v) is 6.56. The van der Waals surface area contributed by atoms with E-state index in [0.717, 1.165) is 29.5 Å². The summed E-state index contributed by atoms with van der Waals surface area (Å²) >= 11 is 7.00. The van der Waals surface area contributed by atoms with E-state index in [1.807, 2.05) is 0 Å². The Bertz CT molecular complexity index is 1020. The second-order valence-electron chi connectivity index (χ2n) is 5.13. The van der Waals surface area contributed by atoms with Crippen LogP contribution in [0.1, 0.15) is 9.67 Å². The van der Waals surface area contributed by atoms with E-state index in [-0.39, 0.29) is 15.6 Å². The quantitative estimate of drug-likeness (QED) is 0.643. The molecule has 0 atom stereocenters. The fraction of sp³-hybridized carbons (Fsp3) is 0.0588.